The third-order valence-corrected chi connectivity index (χ3v) is 7.16. The number of hydrogen-bond donors (Lipinski definition) is 2. The molecule has 2 heterocycles. The van der Waals surface area contributed by atoms with Crippen LogP contribution in [0.3, 0.4) is 0 Å². The third-order valence-electron chi connectivity index (χ3n) is 7.16. The molecular weight excluding hydrogens is 595 g/mol. The van der Waals surface area contributed by atoms with Gasteiger partial charge in [-0.05, 0) is 66.6 Å². The van der Waals surface area contributed by atoms with Gasteiger partial charge < -0.3 is 11.1 Å². The van der Waals surface area contributed by atoms with Gasteiger partial charge in [-0.15, -0.1) is 0 Å². The Bertz CT molecular complexity index is 1700. The first kappa shape index (κ1) is 30.7. The number of benzene rings is 2. The number of primary amides is 1. The van der Waals surface area contributed by atoms with Gasteiger partial charge in [0.05, 0.1) is 17.3 Å². The normalized spacial score (nSPS) is 13.8. The molecule has 4 aromatic rings. The van der Waals surface area contributed by atoms with Gasteiger partial charge in [-0.2, -0.15) is 5.10 Å². The molecule has 1 unspecified atom stereocenters. The maximum atomic E-state index is 14.2. The van der Waals surface area contributed by atoms with E-state index in [-0.39, 0.29) is 34.4 Å². The molecule has 1 saturated carbocycles. The van der Waals surface area contributed by atoms with Gasteiger partial charge in [-0.25, -0.2) is 30.7 Å². The number of carbonyl (C=O) groups is 2. The fraction of sp³-hybridized carbons (Fsp3) is 0.267. The van der Waals surface area contributed by atoms with Crippen LogP contribution in [0.4, 0.5) is 30.7 Å². The summed E-state index contributed by atoms with van der Waals surface area (Å²) in [6.07, 6.45) is -4.36. The van der Waals surface area contributed by atoms with Crippen LogP contribution in [0.5, 0.6) is 0 Å². The van der Waals surface area contributed by atoms with Crippen molar-refractivity contribution in [3.05, 3.63) is 106 Å². The van der Waals surface area contributed by atoms with Gasteiger partial charge in [0.1, 0.15) is 35.4 Å². The molecule has 2 aromatic heterocycles. The van der Waals surface area contributed by atoms with E-state index in [9.17, 15) is 40.3 Å². The Balaban J connectivity index is 1.54. The predicted molar refractivity (Wildman–Crippen MR) is 143 cm³/mol. The highest BCUT2D eigenvalue weighted by Crippen LogP contribution is 2.47. The monoisotopic (exact) mass is 619 g/mol. The highest BCUT2D eigenvalue weighted by Gasteiger charge is 2.38. The highest BCUT2D eigenvalue weighted by atomic mass is 19.3. The van der Waals surface area contributed by atoms with Gasteiger partial charge >= 0.3 is 0 Å². The maximum absolute atomic E-state index is 14.2. The third kappa shape index (κ3) is 6.58. The van der Waals surface area contributed by atoms with E-state index in [4.69, 9.17) is 5.73 Å². The minimum absolute atomic E-state index is 0.0877. The first-order valence-electron chi connectivity index (χ1n) is 13.4. The average Bonchev–Trinajstić information content (AvgIpc) is 3.72. The van der Waals surface area contributed by atoms with E-state index in [2.05, 4.69) is 15.4 Å². The molecule has 0 saturated heterocycles. The van der Waals surface area contributed by atoms with Gasteiger partial charge in [-0.1, -0.05) is 12.1 Å². The Labute approximate surface area is 245 Å². The molecular formula is C30H24F7N5O2. The number of halogens is 7. The second-order valence-corrected chi connectivity index (χ2v) is 10.3. The van der Waals surface area contributed by atoms with E-state index < -0.39 is 77.6 Å². The van der Waals surface area contributed by atoms with Gasteiger partial charge in [-0.3, -0.25) is 19.3 Å². The lowest BCUT2D eigenvalue weighted by molar-refractivity contribution is -0.122. The molecule has 7 nitrogen and oxygen atoms in total. The Morgan fingerprint density at radius 2 is 1.66 bits per heavy atom. The summed E-state index contributed by atoms with van der Waals surface area (Å²) in [5.74, 6) is -5.17. The van der Waals surface area contributed by atoms with E-state index in [0.717, 1.165) is 18.2 Å². The molecule has 2 aromatic carbocycles. The number of nitrogens with two attached hydrogens (primary N) is 1. The van der Waals surface area contributed by atoms with E-state index in [1.165, 1.54) is 30.5 Å². The SMILES string of the molecule is NC(=O)c1cc(-c2cccnc2C(Cc2cc(F)cc(F)c2)NC(=O)Cn2nc(C(F)F)c(C3CC3)c2C(F)F)ccc1F. The summed E-state index contributed by atoms with van der Waals surface area (Å²) < 4.78 is 98.5. The average molecular weight is 620 g/mol. The van der Waals surface area contributed by atoms with Gasteiger partial charge in [0, 0.05) is 23.4 Å². The molecule has 1 aliphatic rings. The van der Waals surface area contributed by atoms with Crippen LogP contribution in [0.2, 0.25) is 0 Å². The number of nitrogens with one attached hydrogen (secondary N) is 1. The molecule has 1 atom stereocenters. The van der Waals surface area contributed by atoms with Crippen LogP contribution in [-0.4, -0.2) is 26.6 Å². The topological polar surface area (TPSA) is 103 Å². The van der Waals surface area contributed by atoms with Crippen LogP contribution >= 0.6 is 0 Å². The molecule has 0 bridgehead atoms. The molecule has 14 heteroatoms. The molecule has 3 N–H and O–H groups in total. The number of alkyl halides is 4. The Hall–Kier alpha value is -4.75. The summed E-state index contributed by atoms with van der Waals surface area (Å²) in [6.45, 7) is -0.870. The summed E-state index contributed by atoms with van der Waals surface area (Å²) in [6, 6.07) is 8.06. The van der Waals surface area contributed by atoms with Crippen molar-refractivity contribution in [3.63, 3.8) is 0 Å². The van der Waals surface area contributed by atoms with Crippen molar-refractivity contribution in [1.82, 2.24) is 20.1 Å². The second-order valence-electron chi connectivity index (χ2n) is 10.3. The number of amides is 2. The van der Waals surface area contributed by atoms with Crippen molar-refractivity contribution in [3.8, 4) is 11.1 Å². The van der Waals surface area contributed by atoms with Crippen LogP contribution in [0, 0.1) is 17.5 Å². The van der Waals surface area contributed by atoms with Gasteiger partial charge in [0.25, 0.3) is 18.8 Å². The standard InChI is InChI=1S/C30H24F7N5O2/c31-17-8-14(9-18(32)12-17)10-22(25-19(2-1-7-39-25)16-5-6-21(33)20(11-16)30(38)44)40-23(43)13-42-27(29(36)37)24(15-3-4-15)26(41-42)28(34)35/h1-2,5-9,11-12,15,22,28-29H,3-4,10,13H2,(H2,38,44)(H,40,43). The first-order chi connectivity index (χ1) is 20.9. The van der Waals surface area contributed by atoms with Gasteiger partial charge in [0.15, 0.2) is 0 Å². The molecule has 1 aliphatic carbocycles. The summed E-state index contributed by atoms with van der Waals surface area (Å²) >= 11 is 0. The van der Waals surface area contributed by atoms with Crippen LogP contribution in [0.15, 0.2) is 54.7 Å². The van der Waals surface area contributed by atoms with Crippen molar-refractivity contribution >= 4 is 11.8 Å². The zero-order valence-electron chi connectivity index (χ0n) is 22.7. The molecule has 0 spiro atoms. The summed E-state index contributed by atoms with van der Waals surface area (Å²) in [5.41, 5.74) is 3.75. The van der Waals surface area contributed by atoms with E-state index >= 15 is 0 Å². The van der Waals surface area contributed by atoms with Crippen molar-refractivity contribution < 1.29 is 40.3 Å². The van der Waals surface area contributed by atoms with Crippen LogP contribution in [0.25, 0.3) is 11.1 Å². The minimum Gasteiger partial charge on any atom is -0.366 e. The summed E-state index contributed by atoms with van der Waals surface area (Å²) in [5, 5.41) is 6.24. The van der Waals surface area contributed by atoms with Crippen LogP contribution in [-0.2, 0) is 17.8 Å². The Morgan fingerprint density at radius 1 is 0.955 bits per heavy atom. The molecule has 0 radical (unpaired) electrons. The zero-order valence-corrected chi connectivity index (χ0v) is 22.7. The Kier molecular flexibility index (Phi) is 8.70. The molecule has 230 valence electrons. The summed E-state index contributed by atoms with van der Waals surface area (Å²) in [4.78, 5) is 29.4. The number of rotatable bonds is 11. The number of nitrogens with zero attached hydrogens (tertiary/aromatic N) is 3. The van der Waals surface area contributed by atoms with Crippen LogP contribution < -0.4 is 11.1 Å². The number of aromatic nitrogens is 3. The second kappa shape index (κ2) is 12.5. The molecule has 0 aliphatic heterocycles. The Morgan fingerprint density at radius 3 is 2.27 bits per heavy atom. The zero-order chi connectivity index (χ0) is 31.7. The number of carbonyl (C=O) groups excluding carboxylic acids is 2. The van der Waals surface area contributed by atoms with Crippen molar-refractivity contribution in [2.24, 2.45) is 5.73 Å². The smallest absolute Gasteiger partial charge is 0.282 e. The van der Waals surface area contributed by atoms with E-state index in [1.807, 2.05) is 0 Å². The minimum atomic E-state index is -3.19. The van der Waals surface area contributed by atoms with E-state index in [1.54, 1.807) is 0 Å². The fourth-order valence-corrected chi connectivity index (χ4v) is 5.19. The maximum Gasteiger partial charge on any atom is 0.282 e. The molecule has 2 amide bonds. The molecule has 44 heavy (non-hydrogen) atoms. The van der Waals surface area contributed by atoms with Crippen molar-refractivity contribution in [1.29, 1.82) is 0 Å². The van der Waals surface area contributed by atoms with E-state index in [0.29, 0.717) is 23.6 Å². The summed E-state index contributed by atoms with van der Waals surface area (Å²) in [7, 11) is 0. The first-order valence-corrected chi connectivity index (χ1v) is 13.4. The van der Waals surface area contributed by atoms with Crippen LogP contribution in [0.1, 0.15) is 76.2 Å². The number of pyridine rings is 1. The predicted octanol–water partition coefficient (Wildman–Crippen LogP) is 6.31. The lowest BCUT2D eigenvalue weighted by atomic mass is 9.94. The lowest BCUT2D eigenvalue weighted by Gasteiger charge is -2.22. The molecule has 1 fully saturated rings. The van der Waals surface area contributed by atoms with Crippen molar-refractivity contribution in [2.75, 3.05) is 0 Å². The molecule has 5 rings (SSSR count). The quantitative estimate of drug-likeness (QED) is 0.192. The fourth-order valence-electron chi connectivity index (χ4n) is 5.19. The van der Waals surface area contributed by atoms with Crippen molar-refractivity contribution in [2.45, 2.75) is 50.6 Å². The highest BCUT2D eigenvalue weighted by molar-refractivity contribution is 5.94. The lowest BCUT2D eigenvalue weighted by Crippen LogP contribution is -2.34. The number of hydrogen-bond acceptors (Lipinski definition) is 4. The largest absolute Gasteiger partial charge is 0.366 e. The van der Waals surface area contributed by atoms with Gasteiger partial charge in [0.2, 0.25) is 5.91 Å².